The van der Waals surface area contributed by atoms with Crippen LogP contribution in [-0.4, -0.2) is 36.2 Å². The number of hydrogen-bond acceptors (Lipinski definition) is 4. The molecule has 3 rings (SSSR count). The van der Waals surface area contributed by atoms with Gasteiger partial charge in [-0.15, -0.1) is 0 Å². The van der Waals surface area contributed by atoms with Crippen molar-refractivity contribution in [3.63, 3.8) is 0 Å². The van der Waals surface area contributed by atoms with Crippen molar-refractivity contribution in [3.8, 4) is 5.75 Å². The van der Waals surface area contributed by atoms with E-state index in [0.29, 0.717) is 4.91 Å². The van der Waals surface area contributed by atoms with Gasteiger partial charge >= 0.3 is 0 Å². The van der Waals surface area contributed by atoms with E-state index in [4.69, 9.17) is 4.74 Å². The quantitative estimate of drug-likeness (QED) is 0.783. The van der Waals surface area contributed by atoms with E-state index in [2.05, 4.69) is 9.89 Å². The van der Waals surface area contributed by atoms with Gasteiger partial charge in [-0.05, 0) is 48.4 Å². The second-order valence-electron chi connectivity index (χ2n) is 5.49. The number of ether oxygens (including phenoxy) is 1. The molecule has 0 bridgehead atoms. The predicted molar refractivity (Wildman–Crippen MR) is 91.0 cm³/mol. The molecule has 1 saturated heterocycles. The number of methoxy groups -OCH3 is 1. The lowest BCUT2D eigenvalue weighted by Crippen LogP contribution is -2.28. The van der Waals surface area contributed by atoms with Gasteiger partial charge in [0.2, 0.25) is 0 Å². The summed E-state index contributed by atoms with van der Waals surface area (Å²) in [6.45, 7) is 2.01. The van der Waals surface area contributed by atoms with Gasteiger partial charge in [0.25, 0.3) is 5.91 Å². The number of benzene rings is 1. The van der Waals surface area contributed by atoms with E-state index in [-0.39, 0.29) is 5.91 Å². The Hall–Kier alpha value is -1.75. The summed E-state index contributed by atoms with van der Waals surface area (Å²) in [4.78, 5) is 19.3. The van der Waals surface area contributed by atoms with E-state index in [1.165, 1.54) is 37.4 Å². The highest BCUT2D eigenvalue weighted by molar-refractivity contribution is 8.18. The van der Waals surface area contributed by atoms with Gasteiger partial charge in [0.15, 0.2) is 5.17 Å². The van der Waals surface area contributed by atoms with Crippen LogP contribution in [0, 0.1) is 0 Å². The zero-order valence-corrected chi connectivity index (χ0v) is 13.6. The smallest absolute Gasteiger partial charge is 0.286 e. The van der Waals surface area contributed by atoms with Gasteiger partial charge in [0.05, 0.1) is 12.0 Å². The molecular weight excluding hydrogens is 296 g/mol. The summed E-state index contributed by atoms with van der Waals surface area (Å²) in [5.74, 6) is 0.658. The van der Waals surface area contributed by atoms with Gasteiger partial charge in [0, 0.05) is 13.1 Å². The summed E-state index contributed by atoms with van der Waals surface area (Å²) in [5, 5.41) is 0.862. The molecule has 1 aromatic rings. The van der Waals surface area contributed by atoms with Crippen LogP contribution in [0.4, 0.5) is 0 Å². The molecule has 116 valence electrons. The fraction of sp³-hybridized carbons (Fsp3) is 0.412. The number of likely N-dealkylation sites (tertiary alicyclic amines) is 1. The summed E-state index contributed by atoms with van der Waals surface area (Å²) < 4.78 is 5.22. The topological polar surface area (TPSA) is 41.9 Å². The van der Waals surface area contributed by atoms with Gasteiger partial charge in [-0.25, -0.2) is 0 Å². The minimum absolute atomic E-state index is 0.132. The first kappa shape index (κ1) is 15.2. The third-order valence-electron chi connectivity index (χ3n) is 3.88. The average molecular weight is 316 g/mol. The zero-order valence-electron chi connectivity index (χ0n) is 12.7. The van der Waals surface area contributed by atoms with E-state index < -0.39 is 0 Å². The Labute approximate surface area is 135 Å². The van der Waals surface area contributed by atoms with E-state index in [1.54, 1.807) is 7.11 Å². The minimum atomic E-state index is -0.132. The van der Waals surface area contributed by atoms with Crippen molar-refractivity contribution in [1.82, 2.24) is 4.90 Å². The summed E-state index contributed by atoms with van der Waals surface area (Å²) in [6.07, 6.45) is 6.80. The van der Waals surface area contributed by atoms with Crippen molar-refractivity contribution in [2.75, 3.05) is 20.2 Å². The molecule has 0 radical (unpaired) electrons. The van der Waals surface area contributed by atoms with Crippen molar-refractivity contribution in [2.24, 2.45) is 4.99 Å². The van der Waals surface area contributed by atoms with Crippen LogP contribution in [-0.2, 0) is 4.79 Å². The number of nitrogens with zero attached hydrogens (tertiary/aromatic N) is 2. The standard InChI is InChI=1S/C17H20N2O2S/c1-21-14-8-6-7-13(11-14)12-15-16(20)18-17(22-15)19-9-4-2-3-5-10-19/h6-8,11-12H,2-5,9-10H2,1H3/b15-12-. The molecular formula is C17H20N2O2S. The van der Waals surface area contributed by atoms with Gasteiger partial charge in [0.1, 0.15) is 5.75 Å². The number of carbonyl (C=O) groups is 1. The van der Waals surface area contributed by atoms with Crippen molar-refractivity contribution in [1.29, 1.82) is 0 Å². The molecule has 5 heteroatoms. The van der Waals surface area contributed by atoms with Gasteiger partial charge in [-0.1, -0.05) is 25.0 Å². The van der Waals surface area contributed by atoms with Crippen molar-refractivity contribution < 1.29 is 9.53 Å². The fourth-order valence-electron chi connectivity index (χ4n) is 2.68. The van der Waals surface area contributed by atoms with Crippen LogP contribution in [0.25, 0.3) is 6.08 Å². The maximum Gasteiger partial charge on any atom is 0.286 e. The molecule has 0 N–H and O–H groups in total. The maximum absolute atomic E-state index is 12.1. The normalized spacial score (nSPS) is 21.0. The summed E-state index contributed by atoms with van der Waals surface area (Å²) in [5.41, 5.74) is 0.961. The number of thioether (sulfide) groups is 1. The average Bonchev–Trinajstić information content (AvgIpc) is 2.76. The third-order valence-corrected chi connectivity index (χ3v) is 4.92. The Kier molecular flexibility index (Phi) is 4.83. The first-order valence-corrected chi connectivity index (χ1v) is 8.49. The SMILES string of the molecule is COc1cccc(/C=C2\SC(N3CCCCCC3)=NC2=O)c1. The fourth-order valence-corrected chi connectivity index (χ4v) is 3.64. The second-order valence-corrected chi connectivity index (χ2v) is 6.50. The Morgan fingerprint density at radius 3 is 2.73 bits per heavy atom. The van der Waals surface area contributed by atoms with Gasteiger partial charge in [-0.2, -0.15) is 4.99 Å². The molecule has 0 unspecified atom stereocenters. The van der Waals surface area contributed by atoms with E-state index in [1.807, 2.05) is 30.3 Å². The van der Waals surface area contributed by atoms with Gasteiger partial charge in [-0.3, -0.25) is 4.79 Å². The third kappa shape index (κ3) is 3.53. The Morgan fingerprint density at radius 1 is 1.23 bits per heavy atom. The van der Waals surface area contributed by atoms with Crippen LogP contribution in [0.3, 0.4) is 0 Å². The van der Waals surface area contributed by atoms with Crippen molar-refractivity contribution in [3.05, 3.63) is 34.7 Å². The van der Waals surface area contributed by atoms with Crippen LogP contribution in [0.1, 0.15) is 31.2 Å². The Bertz CT molecular complexity index is 617. The first-order chi connectivity index (χ1) is 10.8. The molecule has 0 aliphatic carbocycles. The predicted octanol–water partition coefficient (Wildman–Crippen LogP) is 3.54. The van der Waals surface area contributed by atoms with E-state index in [0.717, 1.165) is 29.6 Å². The van der Waals surface area contributed by atoms with Crippen LogP contribution in [0.15, 0.2) is 34.2 Å². The summed E-state index contributed by atoms with van der Waals surface area (Å²) in [6, 6.07) is 7.70. The minimum Gasteiger partial charge on any atom is -0.497 e. The molecule has 1 fully saturated rings. The number of amidine groups is 1. The van der Waals surface area contributed by atoms with Crippen LogP contribution in [0.2, 0.25) is 0 Å². The van der Waals surface area contributed by atoms with Crippen molar-refractivity contribution in [2.45, 2.75) is 25.7 Å². The number of amides is 1. The summed E-state index contributed by atoms with van der Waals surface area (Å²) in [7, 11) is 1.64. The highest BCUT2D eigenvalue weighted by atomic mass is 32.2. The lowest BCUT2D eigenvalue weighted by atomic mass is 10.2. The van der Waals surface area contributed by atoms with Crippen LogP contribution < -0.4 is 4.74 Å². The molecule has 2 heterocycles. The molecule has 0 spiro atoms. The highest BCUT2D eigenvalue weighted by Crippen LogP contribution is 2.31. The molecule has 1 amide bonds. The first-order valence-electron chi connectivity index (χ1n) is 7.68. The number of carbonyl (C=O) groups excluding carboxylic acids is 1. The maximum atomic E-state index is 12.1. The molecule has 22 heavy (non-hydrogen) atoms. The monoisotopic (exact) mass is 316 g/mol. The zero-order chi connectivity index (χ0) is 15.4. The lowest BCUT2D eigenvalue weighted by Gasteiger charge is -2.20. The Morgan fingerprint density at radius 2 is 2.00 bits per heavy atom. The van der Waals surface area contributed by atoms with E-state index in [9.17, 15) is 4.79 Å². The van der Waals surface area contributed by atoms with Crippen LogP contribution >= 0.6 is 11.8 Å². The van der Waals surface area contributed by atoms with Crippen LogP contribution in [0.5, 0.6) is 5.75 Å². The molecule has 0 saturated carbocycles. The molecule has 2 aliphatic rings. The molecule has 0 aromatic heterocycles. The highest BCUT2D eigenvalue weighted by Gasteiger charge is 2.26. The lowest BCUT2D eigenvalue weighted by molar-refractivity contribution is -0.113. The second kappa shape index (κ2) is 7.01. The van der Waals surface area contributed by atoms with Gasteiger partial charge < -0.3 is 9.64 Å². The number of rotatable bonds is 2. The molecule has 4 nitrogen and oxygen atoms in total. The molecule has 1 aromatic carbocycles. The number of aliphatic imine (C=N–C) groups is 1. The Balaban J connectivity index is 1.74. The van der Waals surface area contributed by atoms with E-state index >= 15 is 0 Å². The largest absolute Gasteiger partial charge is 0.497 e. The van der Waals surface area contributed by atoms with Crippen molar-refractivity contribution >= 4 is 28.9 Å². The summed E-state index contributed by atoms with van der Waals surface area (Å²) >= 11 is 1.49. The molecule has 0 atom stereocenters. The number of hydrogen-bond donors (Lipinski definition) is 0. The molecule has 2 aliphatic heterocycles.